The Kier molecular flexibility index (Phi) is 6.86. The summed E-state index contributed by atoms with van der Waals surface area (Å²) in [6.45, 7) is 5.65. The number of anilines is 1. The molecular weight excluding hydrogens is 436 g/mol. The van der Waals surface area contributed by atoms with E-state index in [-0.39, 0.29) is 24.1 Å². The molecule has 168 valence electrons. The molecule has 0 aromatic heterocycles. The minimum absolute atomic E-state index is 0.264. The number of nitrogens with zero attached hydrogens (tertiary/aromatic N) is 1. The minimum Gasteiger partial charge on any atom is -0.487 e. The van der Waals surface area contributed by atoms with Crippen molar-refractivity contribution in [3.05, 3.63) is 58.6 Å². The smallest absolute Gasteiger partial charge is 0.241 e. The van der Waals surface area contributed by atoms with Crippen LogP contribution in [0.4, 0.5) is 5.69 Å². The average Bonchev–Trinajstić information content (AvgIpc) is 2.73. The highest BCUT2D eigenvalue weighted by Crippen LogP contribution is 2.42. The number of ether oxygens (including phenoxy) is 1. The van der Waals surface area contributed by atoms with Gasteiger partial charge in [-0.1, -0.05) is 49.7 Å². The highest BCUT2D eigenvalue weighted by atomic mass is 35.5. The predicted octanol–water partition coefficient (Wildman–Crippen LogP) is 4.61. The number of hydrogen-bond donors (Lipinski definition) is 1. The maximum atomic E-state index is 13.0. The van der Waals surface area contributed by atoms with Gasteiger partial charge in [0, 0.05) is 17.0 Å². The number of fused-ring (bicyclic) bond motifs is 1. The first-order chi connectivity index (χ1) is 14.6. The molecule has 1 heterocycles. The van der Waals surface area contributed by atoms with E-state index in [0.29, 0.717) is 17.1 Å². The molecule has 1 N–H and O–H groups in total. The van der Waals surface area contributed by atoms with Crippen LogP contribution in [-0.4, -0.2) is 32.7 Å². The van der Waals surface area contributed by atoms with Crippen LogP contribution in [0.1, 0.15) is 50.3 Å². The van der Waals surface area contributed by atoms with E-state index in [1.165, 1.54) is 0 Å². The number of sulfonamides is 1. The maximum absolute atomic E-state index is 13.0. The molecule has 1 aliphatic heterocycles. The molecule has 31 heavy (non-hydrogen) atoms. The molecule has 0 aliphatic carbocycles. The molecule has 0 spiro atoms. The SMILES string of the molecule is CCC1(CC)CC(NC(=O)CN(c2ccc(C)c(Cl)c2)S(C)(=O)=O)c2ccccc2O1. The summed E-state index contributed by atoms with van der Waals surface area (Å²) in [7, 11) is -3.69. The Morgan fingerprint density at radius 2 is 1.90 bits per heavy atom. The van der Waals surface area contributed by atoms with E-state index in [1.807, 2.05) is 31.2 Å². The molecule has 8 heteroatoms. The molecule has 6 nitrogen and oxygen atoms in total. The lowest BCUT2D eigenvalue weighted by Gasteiger charge is -2.41. The van der Waals surface area contributed by atoms with E-state index in [1.54, 1.807) is 18.2 Å². The van der Waals surface area contributed by atoms with Gasteiger partial charge in [0.1, 0.15) is 17.9 Å². The third-order valence-electron chi connectivity index (χ3n) is 5.95. The Hall–Kier alpha value is -2.25. The molecule has 3 rings (SSSR count). The molecule has 1 aliphatic rings. The number of rotatable bonds is 7. The maximum Gasteiger partial charge on any atom is 0.241 e. The van der Waals surface area contributed by atoms with Crippen molar-refractivity contribution in [2.45, 2.75) is 51.7 Å². The summed E-state index contributed by atoms with van der Waals surface area (Å²) in [5, 5.41) is 3.48. The van der Waals surface area contributed by atoms with Gasteiger partial charge in [-0.3, -0.25) is 9.10 Å². The van der Waals surface area contributed by atoms with Crippen molar-refractivity contribution in [1.82, 2.24) is 5.32 Å². The Morgan fingerprint density at radius 1 is 1.23 bits per heavy atom. The zero-order chi connectivity index (χ0) is 22.8. The van der Waals surface area contributed by atoms with Gasteiger partial charge >= 0.3 is 0 Å². The number of carbonyl (C=O) groups is 1. The number of nitrogens with one attached hydrogen (secondary N) is 1. The van der Waals surface area contributed by atoms with Crippen molar-refractivity contribution in [2.75, 3.05) is 17.1 Å². The fraction of sp³-hybridized carbons (Fsp3) is 0.435. The molecule has 2 aromatic carbocycles. The van der Waals surface area contributed by atoms with Gasteiger partial charge in [-0.25, -0.2) is 8.42 Å². The first-order valence-corrected chi connectivity index (χ1v) is 12.6. The molecule has 1 amide bonds. The van der Waals surface area contributed by atoms with E-state index < -0.39 is 10.0 Å². The number of benzene rings is 2. The van der Waals surface area contributed by atoms with Crippen molar-refractivity contribution >= 4 is 33.2 Å². The molecule has 0 radical (unpaired) electrons. The van der Waals surface area contributed by atoms with E-state index in [0.717, 1.165) is 40.3 Å². The lowest BCUT2D eigenvalue weighted by atomic mass is 9.83. The van der Waals surface area contributed by atoms with Crippen molar-refractivity contribution in [2.24, 2.45) is 0 Å². The fourth-order valence-corrected chi connectivity index (χ4v) is 4.96. The summed E-state index contributed by atoms with van der Waals surface area (Å²) in [6.07, 6.45) is 3.32. The largest absolute Gasteiger partial charge is 0.487 e. The Morgan fingerprint density at radius 3 is 2.52 bits per heavy atom. The molecule has 1 unspecified atom stereocenters. The van der Waals surface area contributed by atoms with Gasteiger partial charge in [-0.15, -0.1) is 0 Å². The van der Waals surface area contributed by atoms with Crippen molar-refractivity contribution in [3.8, 4) is 5.75 Å². The first-order valence-electron chi connectivity index (χ1n) is 10.4. The standard InChI is InChI=1S/C23H29ClN2O4S/c1-5-23(6-2)14-20(18-9-7-8-10-21(18)30-23)25-22(27)15-26(31(4,28)29)17-12-11-16(3)19(24)13-17/h7-13,20H,5-6,14-15H2,1-4H3,(H,25,27). The zero-order valence-electron chi connectivity index (χ0n) is 18.3. The van der Waals surface area contributed by atoms with Crippen LogP contribution in [0, 0.1) is 6.92 Å². The van der Waals surface area contributed by atoms with Gasteiger partial charge < -0.3 is 10.1 Å². The second-order valence-corrected chi connectivity index (χ2v) is 10.4. The number of carbonyl (C=O) groups excluding carboxylic acids is 1. The Labute approximate surface area is 189 Å². The third kappa shape index (κ3) is 5.15. The number of halogens is 1. The molecule has 0 bridgehead atoms. The van der Waals surface area contributed by atoms with Gasteiger partial charge in [0.05, 0.1) is 18.0 Å². The van der Waals surface area contributed by atoms with Crippen molar-refractivity contribution in [3.63, 3.8) is 0 Å². The van der Waals surface area contributed by atoms with Gasteiger partial charge in [0.15, 0.2) is 0 Å². The predicted molar refractivity (Wildman–Crippen MR) is 124 cm³/mol. The molecule has 0 saturated carbocycles. The normalized spacial score (nSPS) is 17.4. The highest BCUT2D eigenvalue weighted by molar-refractivity contribution is 7.92. The minimum atomic E-state index is -3.69. The van der Waals surface area contributed by atoms with Crippen LogP contribution < -0.4 is 14.4 Å². The average molecular weight is 465 g/mol. The summed E-state index contributed by atoms with van der Waals surface area (Å²) in [5.74, 6) is 0.373. The Bertz CT molecular complexity index is 1070. The van der Waals surface area contributed by atoms with Crippen molar-refractivity contribution in [1.29, 1.82) is 0 Å². The van der Waals surface area contributed by atoms with Gasteiger partial charge in [0.2, 0.25) is 15.9 Å². The van der Waals surface area contributed by atoms with E-state index >= 15 is 0 Å². The molecule has 2 aromatic rings. The summed E-state index contributed by atoms with van der Waals surface area (Å²) in [5.41, 5.74) is 1.72. The molecule has 0 saturated heterocycles. The summed E-state index contributed by atoms with van der Waals surface area (Å²) in [4.78, 5) is 13.0. The van der Waals surface area contributed by atoms with Crippen LogP contribution in [-0.2, 0) is 14.8 Å². The summed E-state index contributed by atoms with van der Waals surface area (Å²) in [6, 6.07) is 12.3. The van der Waals surface area contributed by atoms with E-state index in [4.69, 9.17) is 16.3 Å². The lowest BCUT2D eigenvalue weighted by Crippen LogP contribution is -2.47. The highest BCUT2D eigenvalue weighted by Gasteiger charge is 2.39. The molecular formula is C23H29ClN2O4S. The number of para-hydroxylation sites is 1. The van der Waals surface area contributed by atoms with E-state index in [2.05, 4.69) is 19.2 Å². The van der Waals surface area contributed by atoms with Crippen LogP contribution in [0.3, 0.4) is 0 Å². The van der Waals surface area contributed by atoms with Crippen molar-refractivity contribution < 1.29 is 17.9 Å². The summed E-state index contributed by atoms with van der Waals surface area (Å²) < 4.78 is 32.2. The molecule has 1 atom stereocenters. The first kappa shape index (κ1) is 23.4. The number of hydrogen-bond acceptors (Lipinski definition) is 4. The van der Waals surface area contributed by atoms with Gasteiger partial charge in [-0.05, 0) is 43.5 Å². The second kappa shape index (κ2) is 9.09. The lowest BCUT2D eigenvalue weighted by molar-refractivity contribution is -0.121. The topological polar surface area (TPSA) is 75.7 Å². The van der Waals surface area contributed by atoms with Crippen LogP contribution in [0.15, 0.2) is 42.5 Å². The monoisotopic (exact) mass is 464 g/mol. The van der Waals surface area contributed by atoms with Gasteiger partial charge in [0.25, 0.3) is 0 Å². The van der Waals surface area contributed by atoms with Crippen LogP contribution in [0.5, 0.6) is 5.75 Å². The number of aryl methyl sites for hydroxylation is 1. The second-order valence-electron chi connectivity index (χ2n) is 8.06. The zero-order valence-corrected chi connectivity index (χ0v) is 19.9. The third-order valence-corrected chi connectivity index (χ3v) is 7.50. The van der Waals surface area contributed by atoms with Crippen LogP contribution in [0.2, 0.25) is 5.02 Å². The van der Waals surface area contributed by atoms with Crippen LogP contribution >= 0.6 is 11.6 Å². The number of amides is 1. The van der Waals surface area contributed by atoms with Gasteiger partial charge in [-0.2, -0.15) is 0 Å². The fourth-order valence-electron chi connectivity index (χ4n) is 3.94. The van der Waals surface area contributed by atoms with E-state index in [9.17, 15) is 13.2 Å². The summed E-state index contributed by atoms with van der Waals surface area (Å²) >= 11 is 6.18. The van der Waals surface area contributed by atoms with Crippen LogP contribution in [0.25, 0.3) is 0 Å². The molecule has 0 fully saturated rings. The Balaban J connectivity index is 1.86. The quantitative estimate of drug-likeness (QED) is 0.649.